The van der Waals surface area contributed by atoms with Crippen molar-refractivity contribution in [2.24, 2.45) is 0 Å². The quantitative estimate of drug-likeness (QED) is 0.758. The Morgan fingerprint density at radius 2 is 2.32 bits per heavy atom. The van der Waals surface area contributed by atoms with Gasteiger partial charge in [-0.1, -0.05) is 5.16 Å². The number of methoxy groups -OCH3 is 1. The van der Waals surface area contributed by atoms with E-state index in [1.807, 2.05) is 0 Å². The van der Waals surface area contributed by atoms with Gasteiger partial charge in [-0.05, 0) is 6.92 Å². The highest BCUT2D eigenvalue weighted by molar-refractivity contribution is 5.92. The predicted molar refractivity (Wildman–Crippen MR) is 74.3 cm³/mol. The van der Waals surface area contributed by atoms with E-state index in [1.54, 1.807) is 29.9 Å². The van der Waals surface area contributed by atoms with Crippen LogP contribution in [0.4, 0.5) is 0 Å². The maximum atomic E-state index is 12.4. The SMILES string of the molecule is COCCN1C(=O)CO[C@@H]2CN(C(=O)c3cc(C)on3)C[C@H]21. The molecule has 22 heavy (non-hydrogen) atoms. The lowest BCUT2D eigenvalue weighted by atomic mass is 10.1. The summed E-state index contributed by atoms with van der Waals surface area (Å²) in [5.74, 6) is 0.326. The molecular formula is C14H19N3O5. The van der Waals surface area contributed by atoms with Gasteiger partial charge in [-0.15, -0.1) is 0 Å². The van der Waals surface area contributed by atoms with Gasteiger partial charge >= 0.3 is 0 Å². The molecule has 0 aliphatic carbocycles. The number of rotatable bonds is 4. The van der Waals surface area contributed by atoms with Crippen molar-refractivity contribution in [1.29, 1.82) is 0 Å². The minimum absolute atomic E-state index is 0.0516. The number of carbonyl (C=O) groups excluding carboxylic acids is 2. The topological polar surface area (TPSA) is 85.1 Å². The zero-order valence-corrected chi connectivity index (χ0v) is 12.7. The van der Waals surface area contributed by atoms with Gasteiger partial charge in [0.2, 0.25) is 5.91 Å². The summed E-state index contributed by atoms with van der Waals surface area (Å²) in [4.78, 5) is 27.8. The number of amides is 2. The summed E-state index contributed by atoms with van der Waals surface area (Å²) < 4.78 is 15.6. The molecule has 0 spiro atoms. The van der Waals surface area contributed by atoms with Crippen molar-refractivity contribution in [1.82, 2.24) is 15.0 Å². The molecule has 120 valence electrons. The van der Waals surface area contributed by atoms with Crippen molar-refractivity contribution in [3.8, 4) is 0 Å². The summed E-state index contributed by atoms with van der Waals surface area (Å²) in [7, 11) is 1.60. The van der Waals surface area contributed by atoms with E-state index in [0.29, 0.717) is 32.0 Å². The van der Waals surface area contributed by atoms with Crippen LogP contribution >= 0.6 is 0 Å². The van der Waals surface area contributed by atoms with Gasteiger partial charge in [0.1, 0.15) is 12.4 Å². The summed E-state index contributed by atoms with van der Waals surface area (Å²) in [5, 5.41) is 3.75. The number of hydrogen-bond acceptors (Lipinski definition) is 6. The summed E-state index contributed by atoms with van der Waals surface area (Å²) in [6.45, 7) is 3.64. The van der Waals surface area contributed by atoms with Crippen LogP contribution in [0.5, 0.6) is 0 Å². The first-order valence-electron chi connectivity index (χ1n) is 7.22. The second-order valence-corrected chi connectivity index (χ2v) is 5.53. The highest BCUT2D eigenvalue weighted by Gasteiger charge is 2.44. The summed E-state index contributed by atoms with van der Waals surface area (Å²) in [5.41, 5.74) is 0.283. The van der Waals surface area contributed by atoms with Gasteiger partial charge in [-0.3, -0.25) is 9.59 Å². The molecule has 0 aromatic carbocycles. The number of fused-ring (bicyclic) bond motifs is 1. The average molecular weight is 309 g/mol. The van der Waals surface area contributed by atoms with Gasteiger partial charge in [0.05, 0.1) is 18.8 Å². The lowest BCUT2D eigenvalue weighted by molar-refractivity contribution is -0.153. The monoisotopic (exact) mass is 309 g/mol. The number of morpholine rings is 1. The first kappa shape index (κ1) is 15.0. The number of carbonyl (C=O) groups is 2. The van der Waals surface area contributed by atoms with Gasteiger partial charge < -0.3 is 23.8 Å². The minimum atomic E-state index is -0.200. The molecule has 1 aromatic rings. The van der Waals surface area contributed by atoms with Crippen LogP contribution in [0.25, 0.3) is 0 Å². The third-order valence-corrected chi connectivity index (χ3v) is 4.05. The summed E-state index contributed by atoms with van der Waals surface area (Å²) in [6, 6.07) is 1.48. The molecule has 2 amide bonds. The predicted octanol–water partition coefficient (Wildman–Crippen LogP) is -0.319. The lowest BCUT2D eigenvalue weighted by Gasteiger charge is -2.36. The number of ether oxygens (including phenoxy) is 2. The fourth-order valence-corrected chi connectivity index (χ4v) is 2.94. The van der Waals surface area contributed by atoms with Gasteiger partial charge in [0, 0.05) is 32.8 Å². The molecule has 8 nitrogen and oxygen atoms in total. The second kappa shape index (κ2) is 6.05. The molecule has 3 heterocycles. The van der Waals surface area contributed by atoms with Gasteiger partial charge in [-0.2, -0.15) is 0 Å². The smallest absolute Gasteiger partial charge is 0.276 e. The molecule has 2 saturated heterocycles. The van der Waals surface area contributed by atoms with E-state index in [2.05, 4.69) is 5.16 Å². The van der Waals surface area contributed by atoms with Gasteiger partial charge in [0.15, 0.2) is 5.69 Å². The van der Waals surface area contributed by atoms with Gasteiger partial charge in [-0.25, -0.2) is 0 Å². The van der Waals surface area contributed by atoms with Crippen LogP contribution in [-0.4, -0.2) is 78.9 Å². The number of nitrogens with zero attached hydrogens (tertiary/aromatic N) is 3. The van der Waals surface area contributed by atoms with Crippen LogP contribution in [0.1, 0.15) is 16.2 Å². The van der Waals surface area contributed by atoms with E-state index in [4.69, 9.17) is 14.0 Å². The molecule has 8 heteroatoms. The fraction of sp³-hybridized carbons (Fsp3) is 0.643. The molecule has 0 radical (unpaired) electrons. The van der Waals surface area contributed by atoms with Crippen molar-refractivity contribution in [3.05, 3.63) is 17.5 Å². The third-order valence-electron chi connectivity index (χ3n) is 4.05. The Labute approximate surface area is 127 Å². The zero-order chi connectivity index (χ0) is 15.7. The standard InChI is InChI=1S/C14H19N3O5/c1-9-5-10(15-22-9)14(19)16-6-11-12(7-16)21-8-13(18)17(11)3-4-20-2/h5,11-12H,3-4,6-8H2,1-2H3/t11-,12-/m1/s1. The van der Waals surface area contributed by atoms with Crippen LogP contribution in [0.15, 0.2) is 10.6 Å². The molecule has 2 aliphatic heterocycles. The van der Waals surface area contributed by atoms with Crippen LogP contribution in [0.3, 0.4) is 0 Å². The molecule has 0 bridgehead atoms. The zero-order valence-electron chi connectivity index (χ0n) is 12.7. The first-order valence-corrected chi connectivity index (χ1v) is 7.22. The van der Waals surface area contributed by atoms with Crippen molar-refractivity contribution >= 4 is 11.8 Å². The highest BCUT2D eigenvalue weighted by atomic mass is 16.5. The lowest BCUT2D eigenvalue weighted by Crippen LogP contribution is -2.54. The van der Waals surface area contributed by atoms with E-state index in [0.717, 1.165) is 0 Å². The highest BCUT2D eigenvalue weighted by Crippen LogP contribution is 2.24. The molecule has 2 fully saturated rings. The van der Waals surface area contributed by atoms with Crippen LogP contribution in [-0.2, 0) is 14.3 Å². The number of aromatic nitrogens is 1. The third kappa shape index (κ3) is 2.71. The van der Waals surface area contributed by atoms with Crippen LogP contribution in [0.2, 0.25) is 0 Å². The molecule has 0 saturated carbocycles. The van der Waals surface area contributed by atoms with Crippen LogP contribution in [0, 0.1) is 6.92 Å². The van der Waals surface area contributed by atoms with E-state index in [1.165, 1.54) is 0 Å². The Bertz CT molecular complexity index is 573. The number of hydrogen-bond donors (Lipinski definition) is 0. The molecule has 2 aliphatic rings. The van der Waals surface area contributed by atoms with Crippen molar-refractivity contribution in [2.75, 3.05) is 40.0 Å². The molecule has 0 unspecified atom stereocenters. The molecule has 3 rings (SSSR count). The van der Waals surface area contributed by atoms with Crippen molar-refractivity contribution in [3.63, 3.8) is 0 Å². The van der Waals surface area contributed by atoms with E-state index in [9.17, 15) is 9.59 Å². The fourth-order valence-electron chi connectivity index (χ4n) is 2.94. The maximum absolute atomic E-state index is 12.4. The molecular weight excluding hydrogens is 290 g/mol. The Morgan fingerprint density at radius 3 is 3.00 bits per heavy atom. The van der Waals surface area contributed by atoms with E-state index < -0.39 is 0 Å². The Hall–Kier alpha value is -1.93. The molecule has 0 N–H and O–H groups in total. The maximum Gasteiger partial charge on any atom is 0.276 e. The Kier molecular flexibility index (Phi) is 4.12. The Balaban J connectivity index is 1.71. The first-order chi connectivity index (χ1) is 10.6. The summed E-state index contributed by atoms with van der Waals surface area (Å²) >= 11 is 0. The molecule has 2 atom stereocenters. The van der Waals surface area contributed by atoms with Crippen LogP contribution < -0.4 is 0 Å². The second-order valence-electron chi connectivity index (χ2n) is 5.53. The van der Waals surface area contributed by atoms with Crippen molar-refractivity contribution in [2.45, 2.75) is 19.1 Å². The molecule has 1 aromatic heterocycles. The largest absolute Gasteiger partial charge is 0.383 e. The number of likely N-dealkylation sites (tertiary alicyclic amines) is 1. The minimum Gasteiger partial charge on any atom is -0.383 e. The Morgan fingerprint density at radius 1 is 1.50 bits per heavy atom. The van der Waals surface area contributed by atoms with Crippen molar-refractivity contribution < 1.29 is 23.6 Å². The summed E-state index contributed by atoms with van der Waals surface area (Å²) in [6.07, 6.45) is -0.161. The van der Waals surface area contributed by atoms with E-state index >= 15 is 0 Å². The van der Waals surface area contributed by atoms with Gasteiger partial charge in [0.25, 0.3) is 5.91 Å². The normalized spacial score (nSPS) is 24.7. The average Bonchev–Trinajstić information content (AvgIpc) is 3.12. The number of aryl methyl sites for hydroxylation is 1. The van der Waals surface area contributed by atoms with E-state index in [-0.39, 0.29) is 36.3 Å².